The highest BCUT2D eigenvalue weighted by Gasteiger charge is 2.26. The number of carbonyl (C=O) groups is 2. The normalized spacial score (nSPS) is 13.9. The van der Waals surface area contributed by atoms with Gasteiger partial charge in [-0.15, -0.1) is 0 Å². The number of carbonyl (C=O) groups excluding carboxylic acids is 2. The monoisotopic (exact) mass is 424 g/mol. The molecule has 0 radical (unpaired) electrons. The first-order chi connectivity index (χ1) is 14.9. The molecule has 2 aromatic rings. The van der Waals surface area contributed by atoms with E-state index in [1.165, 1.54) is 0 Å². The third-order valence-electron chi connectivity index (χ3n) is 5.23. The molecule has 1 aliphatic rings. The zero-order valence-electron chi connectivity index (χ0n) is 18.2. The van der Waals surface area contributed by atoms with Crippen LogP contribution in [0.2, 0.25) is 0 Å². The third-order valence-corrected chi connectivity index (χ3v) is 5.23. The van der Waals surface area contributed by atoms with Crippen LogP contribution in [0.5, 0.6) is 0 Å². The lowest BCUT2D eigenvalue weighted by Crippen LogP contribution is -2.51. The molecule has 1 aromatic carbocycles. The van der Waals surface area contributed by atoms with E-state index in [-0.39, 0.29) is 30.6 Å². The summed E-state index contributed by atoms with van der Waals surface area (Å²) in [6.07, 6.45) is 0.834. The van der Waals surface area contributed by atoms with Crippen LogP contribution in [-0.2, 0) is 16.0 Å². The van der Waals surface area contributed by atoms with Crippen molar-refractivity contribution in [3.63, 3.8) is 0 Å². The Labute approximate surface area is 182 Å². The summed E-state index contributed by atoms with van der Waals surface area (Å²) in [5, 5.41) is 12.1. The number of piperazine rings is 1. The maximum Gasteiger partial charge on any atom is 0.238 e. The summed E-state index contributed by atoms with van der Waals surface area (Å²) in [4.78, 5) is 34.5. The van der Waals surface area contributed by atoms with Crippen LogP contribution in [0, 0.1) is 18.3 Å². The Morgan fingerprint density at radius 2 is 1.94 bits per heavy atom. The van der Waals surface area contributed by atoms with Crippen molar-refractivity contribution in [2.75, 3.05) is 56.5 Å². The quantitative estimate of drug-likeness (QED) is 0.720. The van der Waals surface area contributed by atoms with Gasteiger partial charge in [0.1, 0.15) is 6.07 Å². The van der Waals surface area contributed by atoms with Crippen LogP contribution < -0.4 is 10.2 Å². The number of nitrogens with one attached hydrogen (secondary N) is 1. The number of likely N-dealkylation sites (N-methyl/N-ethyl adjacent to an activating group) is 1. The molecule has 9 nitrogen and oxygen atoms in total. The minimum atomic E-state index is -0.147. The first kappa shape index (κ1) is 22.3. The number of nitrogens with zero attached hydrogens (tertiary/aromatic N) is 5. The molecule has 2 heterocycles. The van der Waals surface area contributed by atoms with Crippen LogP contribution in [-0.4, -0.2) is 72.9 Å². The average molecular weight is 425 g/mol. The highest BCUT2D eigenvalue weighted by Crippen LogP contribution is 2.22. The first-order valence-corrected chi connectivity index (χ1v) is 10.4. The van der Waals surface area contributed by atoms with Crippen LogP contribution in [0.1, 0.15) is 24.1 Å². The second-order valence-electron chi connectivity index (χ2n) is 7.60. The fraction of sp³-hybridized carbons (Fsp3) is 0.455. The lowest BCUT2D eigenvalue weighted by Gasteiger charge is -2.35. The van der Waals surface area contributed by atoms with E-state index in [2.05, 4.69) is 10.3 Å². The highest BCUT2D eigenvalue weighted by atomic mass is 16.4. The molecular formula is C22H28N6O3. The van der Waals surface area contributed by atoms with E-state index in [9.17, 15) is 14.9 Å². The summed E-state index contributed by atoms with van der Waals surface area (Å²) in [6, 6.07) is 9.76. The van der Waals surface area contributed by atoms with Crippen molar-refractivity contribution in [3.8, 4) is 6.07 Å². The van der Waals surface area contributed by atoms with Gasteiger partial charge in [-0.3, -0.25) is 14.5 Å². The molecule has 164 valence electrons. The van der Waals surface area contributed by atoms with Crippen LogP contribution in [0.4, 0.5) is 11.6 Å². The molecular weight excluding hydrogens is 396 g/mol. The number of amides is 2. The third kappa shape index (κ3) is 5.61. The molecule has 1 aliphatic heterocycles. The summed E-state index contributed by atoms with van der Waals surface area (Å²) < 4.78 is 5.55. The molecule has 1 fully saturated rings. The van der Waals surface area contributed by atoms with Crippen molar-refractivity contribution in [1.29, 1.82) is 5.26 Å². The number of hydrogen-bond donors (Lipinski definition) is 1. The number of aryl methyl sites for hydroxylation is 2. The largest absolute Gasteiger partial charge is 0.424 e. The second-order valence-corrected chi connectivity index (χ2v) is 7.60. The number of para-hydroxylation sites is 1. The van der Waals surface area contributed by atoms with Gasteiger partial charge in [0, 0.05) is 38.8 Å². The number of nitriles is 1. The van der Waals surface area contributed by atoms with E-state index in [0.29, 0.717) is 38.0 Å². The van der Waals surface area contributed by atoms with Gasteiger partial charge in [-0.2, -0.15) is 5.26 Å². The van der Waals surface area contributed by atoms with Crippen LogP contribution in [0.15, 0.2) is 28.7 Å². The Bertz CT molecular complexity index is 972. The number of aromatic nitrogens is 1. The molecule has 1 saturated heterocycles. The standard InChI is InChI=1S/C22H28N6O3/c1-4-17-7-5-6-8-18(17)25-20(29)14-26(3)15-21(30)27-9-11-28(12-10-27)22-19(13-23)24-16(2)31-22/h5-8H,4,9-12,14-15H2,1-3H3,(H,25,29). The first-order valence-electron chi connectivity index (χ1n) is 10.4. The Morgan fingerprint density at radius 1 is 1.23 bits per heavy atom. The Hall–Kier alpha value is -3.38. The van der Waals surface area contributed by atoms with Crippen molar-refractivity contribution in [1.82, 2.24) is 14.8 Å². The molecule has 0 saturated carbocycles. The van der Waals surface area contributed by atoms with Gasteiger partial charge in [-0.25, -0.2) is 4.98 Å². The second kappa shape index (κ2) is 10.1. The number of oxazole rings is 1. The average Bonchev–Trinajstić information content (AvgIpc) is 3.14. The van der Waals surface area contributed by atoms with E-state index >= 15 is 0 Å². The van der Waals surface area contributed by atoms with Gasteiger partial charge in [0.25, 0.3) is 0 Å². The molecule has 0 aliphatic carbocycles. The van der Waals surface area contributed by atoms with Gasteiger partial charge in [-0.1, -0.05) is 25.1 Å². The number of anilines is 2. The van der Waals surface area contributed by atoms with E-state index in [0.717, 1.165) is 17.7 Å². The summed E-state index contributed by atoms with van der Waals surface area (Å²) >= 11 is 0. The summed E-state index contributed by atoms with van der Waals surface area (Å²) in [5.41, 5.74) is 2.16. The zero-order chi connectivity index (χ0) is 22.4. The molecule has 31 heavy (non-hydrogen) atoms. The van der Waals surface area contributed by atoms with Crippen LogP contribution in [0.3, 0.4) is 0 Å². The van der Waals surface area contributed by atoms with Gasteiger partial charge in [-0.05, 0) is 25.1 Å². The minimum absolute atomic E-state index is 0.0295. The molecule has 9 heteroatoms. The molecule has 0 unspecified atom stereocenters. The van der Waals surface area contributed by atoms with Gasteiger partial charge in [0.2, 0.25) is 23.4 Å². The zero-order valence-corrected chi connectivity index (χ0v) is 18.2. The van der Waals surface area contributed by atoms with Crippen LogP contribution >= 0.6 is 0 Å². The van der Waals surface area contributed by atoms with Gasteiger partial charge in [0.05, 0.1) is 13.1 Å². The molecule has 0 bridgehead atoms. The highest BCUT2D eigenvalue weighted by molar-refractivity contribution is 5.93. The van der Waals surface area contributed by atoms with Crippen LogP contribution in [0.25, 0.3) is 0 Å². The Kier molecular flexibility index (Phi) is 7.26. The summed E-state index contributed by atoms with van der Waals surface area (Å²) in [5.74, 6) is 0.740. The van der Waals surface area contributed by atoms with Crippen molar-refractivity contribution in [2.45, 2.75) is 20.3 Å². The van der Waals surface area contributed by atoms with E-state index < -0.39 is 0 Å². The van der Waals surface area contributed by atoms with E-state index in [4.69, 9.17) is 4.42 Å². The SMILES string of the molecule is CCc1ccccc1NC(=O)CN(C)CC(=O)N1CCN(c2oc(C)nc2C#N)CC1. The van der Waals surface area contributed by atoms with Crippen molar-refractivity contribution >= 4 is 23.4 Å². The summed E-state index contributed by atoms with van der Waals surface area (Å²) in [7, 11) is 1.76. The predicted octanol–water partition coefficient (Wildman–Crippen LogP) is 1.64. The van der Waals surface area contributed by atoms with Crippen molar-refractivity contribution in [3.05, 3.63) is 41.4 Å². The lowest BCUT2D eigenvalue weighted by molar-refractivity contribution is -0.132. The van der Waals surface area contributed by atoms with E-state index in [1.807, 2.05) is 42.2 Å². The maximum atomic E-state index is 12.7. The summed E-state index contributed by atoms with van der Waals surface area (Å²) in [6.45, 7) is 6.21. The predicted molar refractivity (Wildman–Crippen MR) is 117 cm³/mol. The van der Waals surface area contributed by atoms with Crippen molar-refractivity contribution in [2.24, 2.45) is 0 Å². The fourth-order valence-electron chi connectivity index (χ4n) is 3.63. The van der Waals surface area contributed by atoms with Gasteiger partial charge in [0.15, 0.2) is 5.89 Å². The molecule has 3 rings (SSSR count). The molecule has 1 aromatic heterocycles. The smallest absolute Gasteiger partial charge is 0.238 e. The van der Waals surface area contributed by atoms with Gasteiger partial charge >= 0.3 is 0 Å². The molecule has 1 N–H and O–H groups in total. The topological polar surface area (TPSA) is 106 Å². The number of benzene rings is 1. The number of hydrogen-bond acceptors (Lipinski definition) is 7. The van der Waals surface area contributed by atoms with E-state index in [1.54, 1.807) is 23.8 Å². The maximum absolute atomic E-state index is 12.7. The lowest BCUT2D eigenvalue weighted by atomic mass is 10.1. The van der Waals surface area contributed by atoms with Gasteiger partial charge < -0.3 is 19.5 Å². The minimum Gasteiger partial charge on any atom is -0.424 e. The molecule has 2 amide bonds. The molecule has 0 atom stereocenters. The Morgan fingerprint density at radius 3 is 2.61 bits per heavy atom. The van der Waals surface area contributed by atoms with Crippen molar-refractivity contribution < 1.29 is 14.0 Å². The number of rotatable bonds is 7. The fourth-order valence-corrected chi connectivity index (χ4v) is 3.63. The molecule has 0 spiro atoms. The Balaban J connectivity index is 1.47.